The molecule has 38 heavy (non-hydrogen) atoms. The number of hydrogen-bond acceptors (Lipinski definition) is 5. The molecule has 3 N–H and O–H groups in total. The number of ether oxygens (including phenoxy) is 1. The molecule has 5 rings (SSSR count). The number of carbonyl (C=O) groups excluding carboxylic acids is 3. The maximum absolute atomic E-state index is 13.4. The number of aromatic nitrogens is 2. The van der Waals surface area contributed by atoms with Crippen molar-refractivity contribution in [2.75, 3.05) is 20.2 Å². The van der Waals surface area contributed by atoms with E-state index in [0.29, 0.717) is 58.9 Å². The third-order valence-electron chi connectivity index (χ3n) is 6.77. The first-order valence-corrected chi connectivity index (χ1v) is 12.5. The van der Waals surface area contributed by atoms with Gasteiger partial charge in [-0.25, -0.2) is 0 Å². The molecule has 2 aromatic heterocycles. The zero-order valence-electron chi connectivity index (χ0n) is 20.7. The van der Waals surface area contributed by atoms with Crippen LogP contribution in [-0.2, 0) is 9.59 Å². The molecule has 1 aliphatic rings. The summed E-state index contributed by atoms with van der Waals surface area (Å²) >= 11 is 6.03. The Bertz CT molecular complexity index is 1570. The van der Waals surface area contributed by atoms with Crippen LogP contribution in [0.5, 0.6) is 5.75 Å². The molecule has 0 aliphatic carbocycles. The van der Waals surface area contributed by atoms with E-state index in [0.717, 1.165) is 16.7 Å². The molecule has 4 aromatic rings. The van der Waals surface area contributed by atoms with E-state index < -0.39 is 17.6 Å². The number of Topliss-reactive ketones (excluding diaryl/α,β-unsaturated/α-hetero) is 1. The van der Waals surface area contributed by atoms with Crippen LogP contribution in [0.3, 0.4) is 0 Å². The molecular formula is C29H25ClN4O4. The number of amides is 2. The molecule has 0 saturated carbocycles. The number of H-pyrrole nitrogens is 1. The van der Waals surface area contributed by atoms with Gasteiger partial charge in [-0.2, -0.15) is 0 Å². The highest BCUT2D eigenvalue weighted by molar-refractivity contribution is 6.45. The minimum absolute atomic E-state index is 0.211. The van der Waals surface area contributed by atoms with Crippen LogP contribution >= 0.6 is 11.6 Å². The van der Waals surface area contributed by atoms with E-state index in [1.54, 1.807) is 12.1 Å². The van der Waals surface area contributed by atoms with Crippen LogP contribution < -0.4 is 10.5 Å². The number of halogens is 1. The highest BCUT2D eigenvalue weighted by Crippen LogP contribution is 2.35. The number of rotatable bonds is 6. The van der Waals surface area contributed by atoms with Crippen LogP contribution in [0.25, 0.3) is 27.7 Å². The third kappa shape index (κ3) is 4.66. The summed E-state index contributed by atoms with van der Waals surface area (Å²) in [5.41, 5.74) is 10.0. The number of hydrogen-bond donors (Lipinski definition) is 2. The molecule has 9 heteroatoms. The summed E-state index contributed by atoms with van der Waals surface area (Å²) in [5, 5.41) is 1.08. The fourth-order valence-electron chi connectivity index (χ4n) is 4.89. The Morgan fingerprint density at radius 2 is 1.71 bits per heavy atom. The molecule has 2 amide bonds. The number of nitrogens with zero attached hydrogens (tertiary/aromatic N) is 2. The van der Waals surface area contributed by atoms with Gasteiger partial charge in [0.1, 0.15) is 5.75 Å². The van der Waals surface area contributed by atoms with Crippen molar-refractivity contribution in [2.24, 2.45) is 5.73 Å². The second-order valence-corrected chi connectivity index (χ2v) is 9.40. The zero-order valence-corrected chi connectivity index (χ0v) is 21.4. The molecule has 0 unspecified atom stereocenters. The molecule has 0 radical (unpaired) electrons. The van der Waals surface area contributed by atoms with Crippen LogP contribution in [0.1, 0.15) is 28.8 Å². The van der Waals surface area contributed by atoms with Crippen molar-refractivity contribution in [2.45, 2.75) is 12.8 Å². The fourth-order valence-corrected chi connectivity index (χ4v) is 5.02. The highest BCUT2D eigenvalue weighted by Gasteiger charge is 2.30. The van der Waals surface area contributed by atoms with Gasteiger partial charge in [-0.05, 0) is 30.5 Å². The lowest BCUT2D eigenvalue weighted by molar-refractivity contribution is -0.126. The molecule has 8 nitrogen and oxygen atoms in total. The third-order valence-corrected chi connectivity index (χ3v) is 7.02. The molecule has 1 saturated heterocycles. The summed E-state index contributed by atoms with van der Waals surface area (Å²) in [4.78, 5) is 48.1. The Morgan fingerprint density at radius 1 is 1.03 bits per heavy atom. The SMILES string of the molecule is COc1cnc(-c2ccc(Cl)cc2)c2[nH]cc(C(=O)C(=O)N3CCC(=C(C(N)=O)c4ccccc4)CC3)c12. The van der Waals surface area contributed by atoms with E-state index in [4.69, 9.17) is 22.1 Å². The number of aromatic amines is 1. The van der Waals surface area contributed by atoms with E-state index >= 15 is 0 Å². The molecule has 0 bridgehead atoms. The van der Waals surface area contributed by atoms with E-state index in [9.17, 15) is 14.4 Å². The lowest BCUT2D eigenvalue weighted by Crippen LogP contribution is -2.41. The summed E-state index contributed by atoms with van der Waals surface area (Å²) in [6, 6.07) is 16.4. The van der Waals surface area contributed by atoms with E-state index in [1.165, 1.54) is 24.4 Å². The van der Waals surface area contributed by atoms with Crippen LogP contribution in [0, 0.1) is 0 Å². The number of ketones is 1. The Kier molecular flexibility index (Phi) is 6.98. The summed E-state index contributed by atoms with van der Waals surface area (Å²) in [6.45, 7) is 0.612. The number of benzene rings is 2. The minimum atomic E-state index is -0.645. The van der Waals surface area contributed by atoms with Crippen LogP contribution in [0.4, 0.5) is 0 Å². The lowest BCUT2D eigenvalue weighted by atomic mass is 9.92. The minimum Gasteiger partial charge on any atom is -0.494 e. The first-order valence-electron chi connectivity index (χ1n) is 12.1. The molecule has 3 heterocycles. The van der Waals surface area contributed by atoms with E-state index in [-0.39, 0.29) is 5.56 Å². The topological polar surface area (TPSA) is 118 Å². The zero-order chi connectivity index (χ0) is 26.8. The normalized spacial score (nSPS) is 13.4. The Hall–Kier alpha value is -4.43. The van der Waals surface area contributed by atoms with Crippen molar-refractivity contribution >= 4 is 45.7 Å². The van der Waals surface area contributed by atoms with Gasteiger partial charge in [-0.15, -0.1) is 0 Å². The number of nitrogens with two attached hydrogens (primary N) is 1. The average Bonchev–Trinajstić information content (AvgIpc) is 3.39. The summed E-state index contributed by atoms with van der Waals surface area (Å²) < 4.78 is 5.49. The van der Waals surface area contributed by atoms with Crippen LogP contribution in [0.2, 0.25) is 5.02 Å². The molecule has 192 valence electrons. The van der Waals surface area contributed by atoms with Gasteiger partial charge in [0.25, 0.3) is 11.7 Å². The first kappa shape index (κ1) is 25.2. The molecule has 0 spiro atoms. The number of primary amides is 1. The van der Waals surface area contributed by atoms with Crippen molar-refractivity contribution in [3.05, 3.63) is 88.7 Å². The van der Waals surface area contributed by atoms with Gasteiger partial charge in [0.2, 0.25) is 5.91 Å². The largest absolute Gasteiger partial charge is 0.494 e. The lowest BCUT2D eigenvalue weighted by Gasteiger charge is -2.29. The van der Waals surface area contributed by atoms with Gasteiger partial charge in [-0.1, -0.05) is 59.6 Å². The Morgan fingerprint density at radius 3 is 2.34 bits per heavy atom. The highest BCUT2D eigenvalue weighted by atomic mass is 35.5. The second-order valence-electron chi connectivity index (χ2n) is 8.96. The van der Waals surface area contributed by atoms with Gasteiger partial charge < -0.3 is 20.4 Å². The molecule has 0 atom stereocenters. The van der Waals surface area contributed by atoms with Crippen molar-refractivity contribution in [1.82, 2.24) is 14.9 Å². The predicted molar refractivity (Wildman–Crippen MR) is 146 cm³/mol. The van der Waals surface area contributed by atoms with Gasteiger partial charge in [0.05, 0.1) is 35.5 Å². The van der Waals surface area contributed by atoms with Gasteiger partial charge in [-0.3, -0.25) is 19.4 Å². The van der Waals surface area contributed by atoms with E-state index in [1.807, 2.05) is 42.5 Å². The predicted octanol–water partition coefficient (Wildman–Crippen LogP) is 4.64. The second kappa shape index (κ2) is 10.5. The van der Waals surface area contributed by atoms with Gasteiger partial charge in [0.15, 0.2) is 0 Å². The van der Waals surface area contributed by atoms with Gasteiger partial charge >= 0.3 is 0 Å². The fraction of sp³-hybridized carbons (Fsp3) is 0.172. The number of methoxy groups -OCH3 is 1. The van der Waals surface area contributed by atoms with Crippen LogP contribution in [0.15, 0.2) is 72.6 Å². The Balaban J connectivity index is 1.42. The Labute approximate surface area is 224 Å². The molecular weight excluding hydrogens is 504 g/mol. The molecule has 2 aromatic carbocycles. The quantitative estimate of drug-likeness (QED) is 0.215. The summed E-state index contributed by atoms with van der Waals surface area (Å²) in [7, 11) is 1.49. The number of carbonyl (C=O) groups is 3. The maximum Gasteiger partial charge on any atom is 0.295 e. The van der Waals surface area contributed by atoms with Crippen molar-refractivity contribution in [3.63, 3.8) is 0 Å². The summed E-state index contributed by atoms with van der Waals surface area (Å²) in [6.07, 6.45) is 3.96. The molecule has 1 aliphatic heterocycles. The van der Waals surface area contributed by atoms with Crippen LogP contribution in [-0.4, -0.2) is 52.7 Å². The number of piperidine rings is 1. The maximum atomic E-state index is 13.4. The monoisotopic (exact) mass is 528 g/mol. The van der Waals surface area contributed by atoms with Crippen molar-refractivity contribution < 1.29 is 19.1 Å². The van der Waals surface area contributed by atoms with E-state index in [2.05, 4.69) is 9.97 Å². The van der Waals surface area contributed by atoms with Crippen molar-refractivity contribution in [1.29, 1.82) is 0 Å². The average molecular weight is 529 g/mol. The number of nitrogens with one attached hydrogen (secondary N) is 1. The van der Waals surface area contributed by atoms with Gasteiger partial charge in [0, 0.05) is 35.4 Å². The number of likely N-dealkylation sites (tertiary alicyclic amines) is 1. The number of fused-ring (bicyclic) bond motifs is 1. The number of pyridine rings is 1. The first-order chi connectivity index (χ1) is 18.4. The van der Waals surface area contributed by atoms with Crippen molar-refractivity contribution in [3.8, 4) is 17.0 Å². The summed E-state index contributed by atoms with van der Waals surface area (Å²) in [5.74, 6) is -1.38. The standard InChI is InChI=1S/C29H25ClN4O4/c1-38-22-16-33-25(19-7-9-20(30)10-8-19)26-24(22)21(15-32-26)27(35)29(37)34-13-11-18(12-14-34)23(28(31)36)17-5-3-2-4-6-17/h2-10,15-16,32H,11-14H2,1H3,(H2,31,36). The smallest absolute Gasteiger partial charge is 0.295 e. The molecule has 1 fully saturated rings.